The first-order valence-electron chi connectivity index (χ1n) is 11.9. The molecule has 0 aromatic heterocycles. The highest BCUT2D eigenvalue weighted by Gasteiger charge is 2.31. The lowest BCUT2D eigenvalue weighted by molar-refractivity contribution is -0.141. The minimum atomic E-state index is -3.87. The number of carbonyl (C=O) groups excluding carboxylic acids is 2. The molecule has 0 spiro atoms. The zero-order valence-corrected chi connectivity index (χ0v) is 22.1. The number of unbranched alkanes of at least 4 members (excludes halogenated alkanes) is 1. The van der Waals surface area contributed by atoms with E-state index in [9.17, 15) is 18.0 Å². The fourth-order valence-electron chi connectivity index (χ4n) is 3.65. The first-order valence-corrected chi connectivity index (χ1v) is 13.3. The third-order valence-electron chi connectivity index (χ3n) is 5.79. The van der Waals surface area contributed by atoms with Crippen LogP contribution in [-0.4, -0.2) is 62.7 Å². The lowest BCUT2D eigenvalue weighted by Gasteiger charge is -2.32. The highest BCUT2D eigenvalue weighted by molar-refractivity contribution is 7.89. The summed E-state index contributed by atoms with van der Waals surface area (Å²) in [4.78, 5) is 28.0. The Labute approximate surface area is 209 Å². The maximum Gasteiger partial charge on any atom is 0.243 e. The van der Waals surface area contributed by atoms with Crippen molar-refractivity contribution in [1.29, 1.82) is 0 Å². The number of methoxy groups -OCH3 is 1. The zero-order chi connectivity index (χ0) is 26.0. The van der Waals surface area contributed by atoms with Gasteiger partial charge in [0.1, 0.15) is 11.8 Å². The average Bonchev–Trinajstić information content (AvgIpc) is 2.84. The van der Waals surface area contributed by atoms with Crippen LogP contribution in [0.25, 0.3) is 0 Å². The molecule has 8 nitrogen and oxygen atoms in total. The number of rotatable bonds is 13. The number of hydrogen-bond acceptors (Lipinski definition) is 5. The van der Waals surface area contributed by atoms with Gasteiger partial charge in [-0.3, -0.25) is 9.59 Å². The van der Waals surface area contributed by atoms with E-state index in [1.807, 2.05) is 32.9 Å². The van der Waals surface area contributed by atoms with E-state index in [2.05, 4.69) is 5.32 Å². The van der Waals surface area contributed by atoms with Crippen molar-refractivity contribution >= 4 is 21.8 Å². The number of aryl methyl sites for hydroxylation is 1. The molecule has 0 aliphatic carbocycles. The van der Waals surface area contributed by atoms with Crippen LogP contribution < -0.4 is 10.1 Å². The highest BCUT2D eigenvalue weighted by Crippen LogP contribution is 2.19. The molecule has 0 saturated carbocycles. The first kappa shape index (κ1) is 28.3. The van der Waals surface area contributed by atoms with E-state index in [1.165, 1.54) is 24.1 Å². The summed E-state index contributed by atoms with van der Waals surface area (Å²) >= 11 is 0. The Kier molecular flexibility index (Phi) is 10.7. The summed E-state index contributed by atoms with van der Waals surface area (Å²) < 4.78 is 32.4. The van der Waals surface area contributed by atoms with Crippen LogP contribution in [0.1, 0.15) is 44.2 Å². The molecule has 9 heteroatoms. The van der Waals surface area contributed by atoms with E-state index < -0.39 is 22.0 Å². The van der Waals surface area contributed by atoms with E-state index in [4.69, 9.17) is 4.74 Å². The van der Waals surface area contributed by atoms with Gasteiger partial charge in [0.2, 0.25) is 21.8 Å². The second-order valence-electron chi connectivity index (χ2n) is 8.52. The van der Waals surface area contributed by atoms with Crippen molar-refractivity contribution in [2.24, 2.45) is 0 Å². The van der Waals surface area contributed by atoms with Gasteiger partial charge in [-0.1, -0.05) is 50.1 Å². The van der Waals surface area contributed by atoms with Crippen molar-refractivity contribution < 1.29 is 22.7 Å². The van der Waals surface area contributed by atoms with Gasteiger partial charge in [0.25, 0.3) is 0 Å². The maximum absolute atomic E-state index is 13.5. The molecule has 2 amide bonds. The van der Waals surface area contributed by atoms with Gasteiger partial charge in [0, 0.05) is 20.1 Å². The fourth-order valence-corrected chi connectivity index (χ4v) is 4.77. The quantitative estimate of drug-likeness (QED) is 0.423. The molecule has 0 unspecified atom stereocenters. The molecule has 35 heavy (non-hydrogen) atoms. The highest BCUT2D eigenvalue weighted by atomic mass is 32.2. The van der Waals surface area contributed by atoms with Gasteiger partial charge in [-0.2, -0.15) is 4.31 Å². The topological polar surface area (TPSA) is 96.0 Å². The summed E-state index contributed by atoms with van der Waals surface area (Å²) in [5.41, 5.74) is 1.72. The van der Waals surface area contributed by atoms with E-state index in [0.29, 0.717) is 18.7 Å². The molecule has 0 radical (unpaired) electrons. The normalized spacial score (nSPS) is 12.3. The van der Waals surface area contributed by atoms with Gasteiger partial charge < -0.3 is 15.0 Å². The molecule has 2 rings (SSSR count). The van der Waals surface area contributed by atoms with Crippen molar-refractivity contribution in [3.05, 3.63) is 59.7 Å². The second-order valence-corrected chi connectivity index (χ2v) is 10.6. The van der Waals surface area contributed by atoms with E-state index in [-0.39, 0.29) is 23.9 Å². The van der Waals surface area contributed by atoms with Gasteiger partial charge in [-0.05, 0) is 49.6 Å². The summed E-state index contributed by atoms with van der Waals surface area (Å²) in [6.07, 6.45) is 2.16. The largest absolute Gasteiger partial charge is 0.497 e. The molecule has 0 aliphatic rings. The van der Waals surface area contributed by atoms with Crippen LogP contribution in [0.2, 0.25) is 0 Å². The molecule has 0 saturated heterocycles. The first-order chi connectivity index (χ1) is 16.6. The molecule has 0 aliphatic heterocycles. The van der Waals surface area contributed by atoms with Crippen LogP contribution in [0.4, 0.5) is 0 Å². The fraction of sp³-hybridized carbons (Fsp3) is 0.462. The Hall–Kier alpha value is -2.91. The van der Waals surface area contributed by atoms with Gasteiger partial charge >= 0.3 is 0 Å². The Morgan fingerprint density at radius 2 is 1.77 bits per heavy atom. The number of nitrogens with zero attached hydrogens (tertiary/aromatic N) is 2. The van der Waals surface area contributed by atoms with Crippen molar-refractivity contribution in [2.45, 2.75) is 57.5 Å². The smallest absolute Gasteiger partial charge is 0.243 e. The van der Waals surface area contributed by atoms with Crippen molar-refractivity contribution in [3.63, 3.8) is 0 Å². The number of likely N-dealkylation sites (N-methyl/N-ethyl adjacent to an activating group) is 1. The van der Waals surface area contributed by atoms with Crippen LogP contribution in [0.3, 0.4) is 0 Å². The number of benzene rings is 2. The van der Waals surface area contributed by atoms with Gasteiger partial charge in [0.15, 0.2) is 0 Å². The predicted molar refractivity (Wildman–Crippen MR) is 137 cm³/mol. The van der Waals surface area contributed by atoms with Gasteiger partial charge in [-0.15, -0.1) is 0 Å². The van der Waals surface area contributed by atoms with Gasteiger partial charge in [0.05, 0.1) is 18.6 Å². The van der Waals surface area contributed by atoms with E-state index in [1.54, 1.807) is 31.4 Å². The number of ether oxygens (including phenoxy) is 1. The van der Waals surface area contributed by atoms with Crippen molar-refractivity contribution in [2.75, 3.05) is 27.2 Å². The van der Waals surface area contributed by atoms with Crippen LogP contribution in [-0.2, 0) is 26.2 Å². The Balaban J connectivity index is 2.31. The number of nitrogens with one attached hydrogen (secondary N) is 1. The molecule has 0 fully saturated rings. The summed E-state index contributed by atoms with van der Waals surface area (Å²) in [6, 6.07) is 13.0. The zero-order valence-electron chi connectivity index (χ0n) is 21.3. The van der Waals surface area contributed by atoms with Crippen molar-refractivity contribution in [1.82, 2.24) is 14.5 Å². The molecule has 192 valence electrons. The minimum absolute atomic E-state index is 0.113. The average molecular weight is 504 g/mol. The lowest BCUT2D eigenvalue weighted by Crippen LogP contribution is -2.51. The van der Waals surface area contributed by atoms with E-state index in [0.717, 1.165) is 28.3 Å². The van der Waals surface area contributed by atoms with Crippen LogP contribution in [0.5, 0.6) is 5.75 Å². The number of amides is 2. The molecule has 1 atom stereocenters. The Morgan fingerprint density at radius 3 is 2.37 bits per heavy atom. The summed E-state index contributed by atoms with van der Waals surface area (Å²) in [5, 5.41) is 2.90. The maximum atomic E-state index is 13.5. The van der Waals surface area contributed by atoms with Crippen molar-refractivity contribution in [3.8, 4) is 5.75 Å². The van der Waals surface area contributed by atoms with Crippen LogP contribution in [0, 0.1) is 6.92 Å². The standard InChI is InChI=1S/C26H37N3O5S/c1-6-8-16-27-26(31)24(7-2)29(18-21-10-9-11-22(17-21)34-5)25(30)19-28(4)35(32,33)23-14-12-20(3)13-15-23/h9-15,17,24H,6-8,16,18-19H2,1-5H3,(H,27,31)/t24-/m0/s1. The molecule has 1 N–H and O–H groups in total. The molecular weight excluding hydrogens is 466 g/mol. The third-order valence-corrected chi connectivity index (χ3v) is 7.61. The summed E-state index contributed by atoms with van der Waals surface area (Å²) in [6.45, 7) is 6.02. The minimum Gasteiger partial charge on any atom is -0.497 e. The Bertz CT molecular complexity index is 1090. The second kappa shape index (κ2) is 13.3. The third kappa shape index (κ3) is 7.80. The van der Waals surface area contributed by atoms with Gasteiger partial charge in [-0.25, -0.2) is 8.42 Å². The molecule has 0 heterocycles. The molecule has 0 bridgehead atoms. The lowest BCUT2D eigenvalue weighted by atomic mass is 10.1. The number of carbonyl (C=O) groups is 2. The molecule has 2 aromatic rings. The van der Waals surface area contributed by atoms with Crippen LogP contribution >= 0.6 is 0 Å². The Morgan fingerprint density at radius 1 is 1.09 bits per heavy atom. The summed E-state index contributed by atoms with van der Waals surface area (Å²) in [5.74, 6) is -0.0702. The molecular formula is C26H37N3O5S. The predicted octanol–water partition coefficient (Wildman–Crippen LogP) is 3.35. The number of hydrogen-bond donors (Lipinski definition) is 1. The number of sulfonamides is 1. The SMILES string of the molecule is CCCCNC(=O)[C@H](CC)N(Cc1cccc(OC)c1)C(=O)CN(C)S(=O)(=O)c1ccc(C)cc1. The summed E-state index contributed by atoms with van der Waals surface area (Å²) in [7, 11) is -0.940. The monoisotopic (exact) mass is 503 g/mol. The molecule has 2 aromatic carbocycles. The van der Waals surface area contributed by atoms with E-state index >= 15 is 0 Å². The van der Waals surface area contributed by atoms with Crippen LogP contribution in [0.15, 0.2) is 53.4 Å².